The van der Waals surface area contributed by atoms with Crippen LogP contribution in [0.15, 0.2) is 36.4 Å². The number of amides is 3. The van der Waals surface area contributed by atoms with Gasteiger partial charge in [0.05, 0.1) is 29.4 Å². The molecule has 0 unspecified atom stereocenters. The minimum Gasteiger partial charge on any atom is -0.442 e. The van der Waals surface area contributed by atoms with Gasteiger partial charge in [-0.25, -0.2) is 9.18 Å². The maximum absolute atomic E-state index is 15.0. The molecule has 4 rings (SSSR count). The van der Waals surface area contributed by atoms with Crippen LogP contribution in [0.1, 0.15) is 11.8 Å². The third kappa shape index (κ3) is 5.79. The van der Waals surface area contributed by atoms with Crippen LogP contribution in [0.4, 0.5) is 25.6 Å². The number of piperazine rings is 1. The Kier molecular flexibility index (Phi) is 7.48. The van der Waals surface area contributed by atoms with E-state index in [1.54, 1.807) is 29.2 Å². The number of nitrogens with zero attached hydrogens (tertiary/aromatic N) is 4. The fraction of sp³-hybridized carbons (Fsp3) is 0.348. The van der Waals surface area contributed by atoms with Crippen molar-refractivity contribution in [2.24, 2.45) is 0 Å². The summed E-state index contributed by atoms with van der Waals surface area (Å²) in [5.41, 5.74) is 0.731. The second kappa shape index (κ2) is 10.7. The van der Waals surface area contributed by atoms with Crippen LogP contribution >= 0.6 is 11.3 Å². The molecule has 36 heavy (non-hydrogen) atoms. The summed E-state index contributed by atoms with van der Waals surface area (Å²) in [6.07, 6.45) is 1.82. The number of anilines is 2. The maximum atomic E-state index is 15.0. The van der Waals surface area contributed by atoms with Crippen molar-refractivity contribution >= 4 is 51.7 Å². The molecule has 11 nitrogen and oxygen atoms in total. The quantitative estimate of drug-likeness (QED) is 0.340. The van der Waals surface area contributed by atoms with E-state index in [1.165, 1.54) is 30.0 Å². The van der Waals surface area contributed by atoms with Gasteiger partial charge < -0.3 is 19.9 Å². The Bertz CT molecular complexity index is 1210. The summed E-state index contributed by atoms with van der Waals surface area (Å²) in [6, 6.07) is 7.49. The average molecular weight is 518 g/mol. The molecule has 0 aliphatic carbocycles. The summed E-state index contributed by atoms with van der Waals surface area (Å²) in [5.74, 6) is -0.945. The molecular formula is C23H24FN5O6S. The lowest BCUT2D eigenvalue weighted by molar-refractivity contribution is -0.380. The van der Waals surface area contributed by atoms with E-state index in [0.29, 0.717) is 42.4 Å². The molecule has 0 radical (unpaired) electrons. The Balaban J connectivity index is 1.32. The smallest absolute Gasteiger partial charge is 0.414 e. The monoisotopic (exact) mass is 517 g/mol. The van der Waals surface area contributed by atoms with Gasteiger partial charge in [0.15, 0.2) is 0 Å². The van der Waals surface area contributed by atoms with E-state index in [1.807, 2.05) is 4.90 Å². The number of benzene rings is 1. The van der Waals surface area contributed by atoms with E-state index < -0.39 is 22.9 Å². The number of nitro groups is 1. The summed E-state index contributed by atoms with van der Waals surface area (Å²) in [4.78, 5) is 51.5. The Hall–Kier alpha value is -4.00. The van der Waals surface area contributed by atoms with Crippen molar-refractivity contribution in [1.82, 2.24) is 10.2 Å². The highest BCUT2D eigenvalue weighted by Gasteiger charge is 2.33. The Morgan fingerprint density at radius 1 is 1.25 bits per heavy atom. The molecule has 0 saturated carbocycles. The van der Waals surface area contributed by atoms with Gasteiger partial charge in [-0.1, -0.05) is 11.3 Å². The third-order valence-corrected chi connectivity index (χ3v) is 6.81. The number of carbonyl (C=O) groups is 3. The Morgan fingerprint density at radius 3 is 2.64 bits per heavy atom. The van der Waals surface area contributed by atoms with Crippen LogP contribution in [0.25, 0.3) is 6.08 Å². The van der Waals surface area contributed by atoms with E-state index in [4.69, 9.17) is 4.74 Å². The van der Waals surface area contributed by atoms with Gasteiger partial charge in [-0.3, -0.25) is 24.6 Å². The highest BCUT2D eigenvalue weighted by atomic mass is 32.1. The van der Waals surface area contributed by atoms with Crippen LogP contribution in [0.3, 0.4) is 0 Å². The molecule has 2 saturated heterocycles. The second-order valence-corrected chi connectivity index (χ2v) is 9.36. The van der Waals surface area contributed by atoms with E-state index in [0.717, 1.165) is 11.3 Å². The lowest BCUT2D eigenvalue weighted by Crippen LogP contribution is -2.48. The Labute approximate surface area is 209 Å². The number of hydrogen-bond acceptors (Lipinski definition) is 8. The van der Waals surface area contributed by atoms with E-state index >= 15 is 0 Å². The molecule has 2 aliphatic heterocycles. The van der Waals surface area contributed by atoms with Gasteiger partial charge in [0.25, 0.3) is 0 Å². The third-order valence-electron chi connectivity index (χ3n) is 5.81. The number of ether oxygens (including phenoxy) is 1. The number of cyclic esters (lactones) is 1. The number of halogens is 1. The van der Waals surface area contributed by atoms with Crippen LogP contribution in [-0.2, 0) is 14.3 Å². The van der Waals surface area contributed by atoms with Gasteiger partial charge in [-0.15, -0.1) is 0 Å². The molecule has 1 atom stereocenters. The normalized spacial score (nSPS) is 18.0. The number of nitrogens with one attached hydrogen (secondary N) is 1. The molecule has 2 aliphatic rings. The van der Waals surface area contributed by atoms with Gasteiger partial charge in [0.2, 0.25) is 11.8 Å². The van der Waals surface area contributed by atoms with Crippen molar-refractivity contribution < 1.29 is 28.4 Å². The fourth-order valence-electron chi connectivity index (χ4n) is 3.97. The van der Waals surface area contributed by atoms with E-state index in [2.05, 4.69) is 5.32 Å². The largest absolute Gasteiger partial charge is 0.442 e. The number of rotatable bonds is 7. The average Bonchev–Trinajstić information content (AvgIpc) is 3.48. The minimum atomic E-state index is -0.602. The highest BCUT2D eigenvalue weighted by Crippen LogP contribution is 2.29. The zero-order valence-electron chi connectivity index (χ0n) is 19.4. The molecule has 0 bridgehead atoms. The van der Waals surface area contributed by atoms with Crippen molar-refractivity contribution in [3.63, 3.8) is 0 Å². The summed E-state index contributed by atoms with van der Waals surface area (Å²) >= 11 is 0.987. The van der Waals surface area contributed by atoms with E-state index in [-0.39, 0.29) is 29.9 Å². The molecule has 2 aromatic rings. The molecule has 3 amide bonds. The molecule has 3 heterocycles. The van der Waals surface area contributed by atoms with Crippen LogP contribution < -0.4 is 15.1 Å². The van der Waals surface area contributed by atoms with Crippen molar-refractivity contribution in [3.8, 4) is 0 Å². The van der Waals surface area contributed by atoms with Gasteiger partial charge in [-0.2, -0.15) is 0 Å². The van der Waals surface area contributed by atoms with Gasteiger partial charge in [0.1, 0.15) is 11.9 Å². The fourth-order valence-corrected chi connectivity index (χ4v) is 4.70. The van der Waals surface area contributed by atoms with Crippen molar-refractivity contribution in [3.05, 3.63) is 57.2 Å². The first-order valence-corrected chi connectivity index (χ1v) is 12.0. The summed E-state index contributed by atoms with van der Waals surface area (Å²) in [5, 5.41) is 13.4. The molecule has 0 spiro atoms. The zero-order chi connectivity index (χ0) is 25.8. The standard InChI is InChI=1S/C23H24FN5O6S/c1-15(30)25-13-17-14-28(23(32)35-17)16-2-5-20(19(24)12-16)26-8-10-27(11-9-26)21(31)6-3-18-4-7-22(36-18)29(33)34/h2-7,12,17H,8-11,13-14H2,1H3,(H,25,30)/b6-3+/t17-/m0/s1. The van der Waals surface area contributed by atoms with Crippen molar-refractivity contribution in [1.29, 1.82) is 0 Å². The number of thiophene rings is 1. The lowest BCUT2D eigenvalue weighted by atomic mass is 10.2. The first-order chi connectivity index (χ1) is 17.2. The van der Waals surface area contributed by atoms with Gasteiger partial charge >= 0.3 is 11.1 Å². The lowest BCUT2D eigenvalue weighted by Gasteiger charge is -2.36. The highest BCUT2D eigenvalue weighted by molar-refractivity contribution is 7.16. The molecular weight excluding hydrogens is 493 g/mol. The summed E-state index contributed by atoms with van der Waals surface area (Å²) < 4.78 is 20.2. The van der Waals surface area contributed by atoms with Crippen LogP contribution in [0.5, 0.6) is 0 Å². The Morgan fingerprint density at radius 2 is 2.00 bits per heavy atom. The van der Waals surface area contributed by atoms with Crippen LogP contribution in [0, 0.1) is 15.9 Å². The SMILES string of the molecule is CC(=O)NC[C@H]1CN(c2ccc(N3CCN(C(=O)/C=C/c4ccc([N+](=O)[O-])s4)CC3)c(F)c2)C(=O)O1. The molecule has 1 N–H and O–H groups in total. The summed E-state index contributed by atoms with van der Waals surface area (Å²) in [7, 11) is 0. The van der Waals surface area contributed by atoms with Crippen molar-refractivity contribution in [2.75, 3.05) is 49.1 Å². The van der Waals surface area contributed by atoms with Gasteiger partial charge in [0, 0.05) is 50.1 Å². The van der Waals surface area contributed by atoms with Crippen LogP contribution in [-0.4, -0.2) is 73.1 Å². The maximum Gasteiger partial charge on any atom is 0.414 e. The second-order valence-electron chi connectivity index (χ2n) is 8.27. The molecule has 190 valence electrons. The van der Waals surface area contributed by atoms with Crippen molar-refractivity contribution in [2.45, 2.75) is 13.0 Å². The molecule has 13 heteroatoms. The first-order valence-electron chi connectivity index (χ1n) is 11.2. The molecule has 1 aromatic carbocycles. The molecule has 2 fully saturated rings. The topological polar surface area (TPSA) is 125 Å². The van der Waals surface area contributed by atoms with E-state index in [9.17, 15) is 28.9 Å². The minimum absolute atomic E-state index is 0.00943. The predicted octanol–water partition coefficient (Wildman–Crippen LogP) is 2.62. The van der Waals surface area contributed by atoms with Crippen LogP contribution in [0.2, 0.25) is 0 Å². The molecule has 1 aromatic heterocycles. The number of hydrogen-bond donors (Lipinski definition) is 1. The predicted molar refractivity (Wildman–Crippen MR) is 131 cm³/mol. The van der Waals surface area contributed by atoms with Gasteiger partial charge in [-0.05, 0) is 30.3 Å². The summed E-state index contributed by atoms with van der Waals surface area (Å²) in [6.45, 7) is 3.37. The first kappa shape index (κ1) is 25.1. The number of carbonyl (C=O) groups excluding carboxylic acids is 3. The zero-order valence-corrected chi connectivity index (χ0v) is 20.2.